The van der Waals surface area contributed by atoms with Gasteiger partial charge in [-0.25, -0.2) is 0 Å². The van der Waals surface area contributed by atoms with Gasteiger partial charge < -0.3 is 10.6 Å². The molecule has 3 heteroatoms. The summed E-state index contributed by atoms with van der Waals surface area (Å²) in [6.07, 6.45) is 2.56. The van der Waals surface area contributed by atoms with E-state index in [0.717, 1.165) is 19.0 Å². The topological polar surface area (TPSA) is 24.1 Å². The van der Waals surface area contributed by atoms with Gasteiger partial charge >= 0.3 is 0 Å². The Morgan fingerprint density at radius 1 is 1.35 bits per heavy atom. The van der Waals surface area contributed by atoms with Crippen molar-refractivity contribution in [3.8, 4) is 0 Å². The zero-order valence-electron chi connectivity index (χ0n) is 10.6. The van der Waals surface area contributed by atoms with E-state index in [2.05, 4.69) is 58.6 Å². The van der Waals surface area contributed by atoms with Gasteiger partial charge in [0.15, 0.2) is 0 Å². The summed E-state index contributed by atoms with van der Waals surface area (Å²) >= 11 is 3.58. The fourth-order valence-corrected chi connectivity index (χ4v) is 2.84. The Kier molecular flexibility index (Phi) is 4.46. The smallest absolute Gasteiger partial charge is 0.0383 e. The van der Waals surface area contributed by atoms with Gasteiger partial charge in [-0.15, -0.1) is 0 Å². The SMILES string of the molecule is Cc1c(Br)cccc1NC(C)C1CCNCC1. The Balaban J connectivity index is 2.01. The van der Waals surface area contributed by atoms with Crippen LogP contribution in [0.3, 0.4) is 0 Å². The summed E-state index contributed by atoms with van der Waals surface area (Å²) in [6.45, 7) is 6.78. The van der Waals surface area contributed by atoms with Crippen LogP contribution in [0.1, 0.15) is 25.3 Å². The molecular weight excluding hydrogens is 276 g/mol. The predicted octanol–water partition coefficient (Wildman–Crippen LogP) is 3.56. The van der Waals surface area contributed by atoms with Crippen molar-refractivity contribution in [2.24, 2.45) is 5.92 Å². The molecule has 0 aromatic heterocycles. The summed E-state index contributed by atoms with van der Waals surface area (Å²) in [4.78, 5) is 0. The third-order valence-electron chi connectivity index (χ3n) is 3.74. The molecule has 1 fully saturated rings. The Labute approximate surface area is 112 Å². The Morgan fingerprint density at radius 3 is 2.76 bits per heavy atom. The largest absolute Gasteiger partial charge is 0.382 e. The van der Waals surface area contributed by atoms with Crippen molar-refractivity contribution in [2.75, 3.05) is 18.4 Å². The van der Waals surface area contributed by atoms with Crippen molar-refractivity contribution in [1.82, 2.24) is 5.32 Å². The average Bonchev–Trinajstić information content (AvgIpc) is 2.36. The van der Waals surface area contributed by atoms with E-state index < -0.39 is 0 Å². The van der Waals surface area contributed by atoms with E-state index in [0.29, 0.717) is 6.04 Å². The highest BCUT2D eigenvalue weighted by Crippen LogP contribution is 2.26. The number of rotatable bonds is 3. The second-order valence-electron chi connectivity index (χ2n) is 4.93. The molecule has 1 aromatic rings. The zero-order chi connectivity index (χ0) is 12.3. The van der Waals surface area contributed by atoms with Gasteiger partial charge in [0.05, 0.1) is 0 Å². The van der Waals surface area contributed by atoms with Crippen molar-refractivity contribution in [3.63, 3.8) is 0 Å². The summed E-state index contributed by atoms with van der Waals surface area (Å²) in [5, 5.41) is 7.08. The van der Waals surface area contributed by atoms with Crippen molar-refractivity contribution in [2.45, 2.75) is 32.7 Å². The van der Waals surface area contributed by atoms with E-state index in [9.17, 15) is 0 Å². The fraction of sp³-hybridized carbons (Fsp3) is 0.571. The third-order valence-corrected chi connectivity index (χ3v) is 4.60. The predicted molar refractivity (Wildman–Crippen MR) is 77.6 cm³/mol. The van der Waals surface area contributed by atoms with Crippen LogP contribution in [0.2, 0.25) is 0 Å². The quantitative estimate of drug-likeness (QED) is 0.891. The van der Waals surface area contributed by atoms with E-state index in [1.165, 1.54) is 28.6 Å². The van der Waals surface area contributed by atoms with Crippen LogP contribution >= 0.6 is 15.9 Å². The zero-order valence-corrected chi connectivity index (χ0v) is 12.2. The van der Waals surface area contributed by atoms with Crippen LogP contribution in [0.15, 0.2) is 22.7 Å². The number of anilines is 1. The first-order chi connectivity index (χ1) is 8.18. The van der Waals surface area contributed by atoms with Gasteiger partial charge in [-0.1, -0.05) is 22.0 Å². The van der Waals surface area contributed by atoms with Gasteiger partial charge in [0.2, 0.25) is 0 Å². The lowest BCUT2D eigenvalue weighted by molar-refractivity contribution is 0.343. The van der Waals surface area contributed by atoms with E-state index in [4.69, 9.17) is 0 Å². The minimum Gasteiger partial charge on any atom is -0.382 e. The molecule has 0 radical (unpaired) electrons. The maximum atomic E-state index is 3.66. The van der Waals surface area contributed by atoms with E-state index in [1.807, 2.05) is 0 Å². The molecule has 0 saturated carbocycles. The van der Waals surface area contributed by atoms with Crippen LogP contribution in [0.5, 0.6) is 0 Å². The molecule has 1 aliphatic rings. The third kappa shape index (κ3) is 3.23. The molecule has 2 nitrogen and oxygen atoms in total. The molecule has 0 amide bonds. The molecule has 0 bridgehead atoms. The standard InChI is InChI=1S/C14H21BrN2/c1-10-13(15)4-3-5-14(10)17-11(2)12-6-8-16-9-7-12/h3-5,11-12,16-17H,6-9H2,1-2H3. The van der Waals surface area contributed by atoms with Crippen molar-refractivity contribution in [1.29, 1.82) is 0 Å². The van der Waals surface area contributed by atoms with Gasteiger partial charge in [0.25, 0.3) is 0 Å². The molecule has 0 spiro atoms. The van der Waals surface area contributed by atoms with Crippen LogP contribution < -0.4 is 10.6 Å². The Bertz CT molecular complexity index is 372. The fourth-order valence-electron chi connectivity index (χ4n) is 2.47. The van der Waals surface area contributed by atoms with Crippen LogP contribution in [-0.4, -0.2) is 19.1 Å². The van der Waals surface area contributed by atoms with Gasteiger partial charge in [-0.05, 0) is 63.4 Å². The second-order valence-corrected chi connectivity index (χ2v) is 5.79. The van der Waals surface area contributed by atoms with Crippen LogP contribution in [0.4, 0.5) is 5.69 Å². The first-order valence-corrected chi connectivity index (χ1v) is 7.20. The number of hydrogen-bond donors (Lipinski definition) is 2. The van der Waals surface area contributed by atoms with E-state index in [1.54, 1.807) is 0 Å². The van der Waals surface area contributed by atoms with Gasteiger partial charge in [-0.3, -0.25) is 0 Å². The monoisotopic (exact) mass is 296 g/mol. The number of nitrogens with one attached hydrogen (secondary N) is 2. The van der Waals surface area contributed by atoms with Gasteiger partial charge in [-0.2, -0.15) is 0 Å². The molecule has 1 aliphatic heterocycles. The van der Waals surface area contributed by atoms with Crippen LogP contribution in [0.25, 0.3) is 0 Å². The maximum Gasteiger partial charge on any atom is 0.0383 e. The lowest BCUT2D eigenvalue weighted by atomic mass is 9.91. The van der Waals surface area contributed by atoms with Crippen molar-refractivity contribution >= 4 is 21.6 Å². The highest BCUT2D eigenvalue weighted by molar-refractivity contribution is 9.10. The molecular formula is C14H21BrN2. The Morgan fingerprint density at radius 2 is 2.06 bits per heavy atom. The molecule has 1 atom stereocenters. The second kappa shape index (κ2) is 5.87. The average molecular weight is 297 g/mol. The number of benzene rings is 1. The van der Waals surface area contributed by atoms with Crippen molar-refractivity contribution < 1.29 is 0 Å². The lowest BCUT2D eigenvalue weighted by Gasteiger charge is -2.30. The first-order valence-electron chi connectivity index (χ1n) is 6.41. The van der Waals surface area contributed by atoms with Crippen molar-refractivity contribution in [3.05, 3.63) is 28.2 Å². The molecule has 1 aromatic carbocycles. The summed E-state index contributed by atoms with van der Waals surface area (Å²) in [6, 6.07) is 6.90. The minimum atomic E-state index is 0.546. The molecule has 2 rings (SSSR count). The first kappa shape index (κ1) is 12.9. The molecule has 94 valence electrons. The summed E-state index contributed by atoms with van der Waals surface area (Å²) in [5.74, 6) is 0.787. The number of piperidine rings is 1. The number of halogens is 1. The summed E-state index contributed by atoms with van der Waals surface area (Å²) in [5.41, 5.74) is 2.55. The summed E-state index contributed by atoms with van der Waals surface area (Å²) < 4.78 is 1.18. The molecule has 1 unspecified atom stereocenters. The van der Waals surface area contributed by atoms with Gasteiger partial charge in [0, 0.05) is 16.2 Å². The van der Waals surface area contributed by atoms with Crippen LogP contribution in [-0.2, 0) is 0 Å². The van der Waals surface area contributed by atoms with Crippen LogP contribution in [0, 0.1) is 12.8 Å². The highest BCUT2D eigenvalue weighted by Gasteiger charge is 2.20. The molecule has 0 aliphatic carbocycles. The molecule has 1 saturated heterocycles. The minimum absolute atomic E-state index is 0.546. The summed E-state index contributed by atoms with van der Waals surface area (Å²) in [7, 11) is 0. The number of hydrogen-bond acceptors (Lipinski definition) is 2. The highest BCUT2D eigenvalue weighted by atomic mass is 79.9. The van der Waals surface area contributed by atoms with E-state index >= 15 is 0 Å². The van der Waals surface area contributed by atoms with E-state index in [-0.39, 0.29) is 0 Å². The molecule has 1 heterocycles. The maximum absolute atomic E-state index is 3.66. The van der Waals surface area contributed by atoms with Gasteiger partial charge in [0.1, 0.15) is 0 Å². The lowest BCUT2D eigenvalue weighted by Crippen LogP contribution is -2.36. The molecule has 17 heavy (non-hydrogen) atoms. The molecule has 2 N–H and O–H groups in total. The Hall–Kier alpha value is -0.540. The normalized spacial score (nSPS) is 19.0.